The summed E-state index contributed by atoms with van der Waals surface area (Å²) in [5, 5.41) is 10.6. The molecule has 0 saturated carbocycles. The van der Waals surface area contributed by atoms with E-state index < -0.39 is 0 Å². The molecule has 3 heteroatoms. The summed E-state index contributed by atoms with van der Waals surface area (Å²) in [7, 11) is 0. The van der Waals surface area contributed by atoms with Crippen LogP contribution in [-0.4, -0.2) is 10.1 Å². The van der Waals surface area contributed by atoms with Gasteiger partial charge in [0.1, 0.15) is 5.75 Å². The summed E-state index contributed by atoms with van der Waals surface area (Å²) in [6, 6.07) is 3.67. The van der Waals surface area contributed by atoms with Gasteiger partial charge in [-0.25, -0.2) is 0 Å². The molecule has 1 aromatic carbocycles. The number of aromatic amines is 1. The number of aryl methyl sites for hydroxylation is 1. The van der Waals surface area contributed by atoms with Crippen molar-refractivity contribution in [2.24, 2.45) is 0 Å². The molecular weight excluding hydrogens is 218 g/mol. The molecule has 0 saturated heterocycles. The van der Waals surface area contributed by atoms with Crippen LogP contribution in [0.2, 0.25) is 0 Å². The Morgan fingerprint density at radius 2 is 2.17 bits per heavy atom. The number of aromatic nitrogens is 1. The molecule has 62 valence electrons. The smallest absolute Gasteiger partial charge is 0.140 e. The van der Waals surface area contributed by atoms with Gasteiger partial charge in [0.2, 0.25) is 0 Å². The highest BCUT2D eigenvalue weighted by Crippen LogP contribution is 2.29. The second kappa shape index (κ2) is 2.52. The fourth-order valence-corrected chi connectivity index (χ4v) is 1.76. The van der Waals surface area contributed by atoms with Crippen LogP contribution in [0.1, 0.15) is 5.56 Å². The second-order valence-electron chi connectivity index (χ2n) is 2.82. The van der Waals surface area contributed by atoms with Gasteiger partial charge in [-0.1, -0.05) is 15.9 Å². The Morgan fingerprint density at radius 3 is 2.92 bits per heavy atom. The molecule has 0 bridgehead atoms. The number of fused-ring (bicyclic) bond motifs is 1. The molecule has 0 fully saturated rings. The summed E-state index contributed by atoms with van der Waals surface area (Å²) in [6.45, 7) is 2.00. The molecule has 12 heavy (non-hydrogen) atoms. The fourth-order valence-electron chi connectivity index (χ4n) is 1.31. The van der Waals surface area contributed by atoms with Gasteiger partial charge in [0, 0.05) is 16.1 Å². The van der Waals surface area contributed by atoms with Gasteiger partial charge >= 0.3 is 0 Å². The Bertz CT molecular complexity index is 433. The van der Waals surface area contributed by atoms with Crippen LogP contribution in [-0.2, 0) is 0 Å². The van der Waals surface area contributed by atoms with Gasteiger partial charge in [0.05, 0.1) is 5.52 Å². The third kappa shape index (κ3) is 1.01. The Hall–Kier alpha value is -0.960. The lowest BCUT2D eigenvalue weighted by molar-refractivity contribution is 0.480. The topological polar surface area (TPSA) is 36.0 Å². The van der Waals surface area contributed by atoms with Crippen molar-refractivity contribution in [3.63, 3.8) is 0 Å². The Balaban J connectivity index is 2.92. The molecule has 0 spiro atoms. The molecule has 2 nitrogen and oxygen atoms in total. The number of benzene rings is 1. The van der Waals surface area contributed by atoms with Gasteiger partial charge in [0.25, 0.3) is 0 Å². The standard InChI is InChI=1S/C9H8BrNO/c1-5-4-11-9-7(5)2-6(10)3-8(9)12/h2-4,11-12H,1H3. The third-order valence-corrected chi connectivity index (χ3v) is 2.40. The van der Waals surface area contributed by atoms with Crippen molar-refractivity contribution >= 4 is 26.8 Å². The van der Waals surface area contributed by atoms with Crippen molar-refractivity contribution in [2.75, 3.05) is 0 Å². The van der Waals surface area contributed by atoms with Gasteiger partial charge in [0.15, 0.2) is 0 Å². The predicted octanol–water partition coefficient (Wildman–Crippen LogP) is 2.94. The van der Waals surface area contributed by atoms with Gasteiger partial charge in [-0.2, -0.15) is 0 Å². The average Bonchev–Trinajstić information content (AvgIpc) is 2.33. The van der Waals surface area contributed by atoms with E-state index in [1.54, 1.807) is 6.07 Å². The summed E-state index contributed by atoms with van der Waals surface area (Å²) < 4.78 is 0.898. The maximum absolute atomic E-state index is 9.50. The maximum atomic E-state index is 9.50. The highest BCUT2D eigenvalue weighted by molar-refractivity contribution is 9.10. The van der Waals surface area contributed by atoms with Crippen LogP contribution in [0.4, 0.5) is 0 Å². The van der Waals surface area contributed by atoms with Gasteiger partial charge in [-0.3, -0.25) is 0 Å². The molecule has 1 aromatic heterocycles. The lowest BCUT2D eigenvalue weighted by Gasteiger charge is -1.96. The molecule has 2 rings (SSSR count). The predicted molar refractivity (Wildman–Crippen MR) is 52.4 cm³/mol. The second-order valence-corrected chi connectivity index (χ2v) is 3.73. The largest absolute Gasteiger partial charge is 0.506 e. The molecule has 0 unspecified atom stereocenters. The first-order chi connectivity index (χ1) is 5.68. The minimum Gasteiger partial charge on any atom is -0.506 e. The number of H-pyrrole nitrogens is 1. The highest BCUT2D eigenvalue weighted by atomic mass is 79.9. The summed E-state index contributed by atoms with van der Waals surface area (Å²) in [5.74, 6) is 0.285. The van der Waals surface area contributed by atoms with Crippen LogP contribution in [0.3, 0.4) is 0 Å². The van der Waals surface area contributed by atoms with E-state index in [0.29, 0.717) is 0 Å². The van der Waals surface area contributed by atoms with Crippen LogP contribution in [0.25, 0.3) is 10.9 Å². The van der Waals surface area contributed by atoms with E-state index in [4.69, 9.17) is 0 Å². The zero-order chi connectivity index (χ0) is 8.72. The summed E-state index contributed by atoms with van der Waals surface area (Å²) >= 11 is 3.33. The fraction of sp³-hybridized carbons (Fsp3) is 0.111. The highest BCUT2D eigenvalue weighted by Gasteiger charge is 2.04. The third-order valence-electron chi connectivity index (χ3n) is 1.94. The van der Waals surface area contributed by atoms with Crippen LogP contribution in [0, 0.1) is 6.92 Å². The average molecular weight is 226 g/mol. The zero-order valence-electron chi connectivity index (χ0n) is 6.56. The number of hydrogen-bond acceptors (Lipinski definition) is 1. The summed E-state index contributed by atoms with van der Waals surface area (Å²) in [5.41, 5.74) is 1.94. The molecule has 2 aromatic rings. The number of phenolic OH excluding ortho intramolecular Hbond substituents is 1. The van der Waals surface area contributed by atoms with E-state index in [0.717, 1.165) is 20.9 Å². The maximum Gasteiger partial charge on any atom is 0.140 e. The van der Waals surface area contributed by atoms with Crippen molar-refractivity contribution in [3.05, 3.63) is 28.4 Å². The first kappa shape index (κ1) is 7.68. The monoisotopic (exact) mass is 225 g/mol. The number of aromatic hydroxyl groups is 1. The SMILES string of the molecule is Cc1c[nH]c2c(O)cc(Br)cc12. The lowest BCUT2D eigenvalue weighted by Crippen LogP contribution is -1.72. The van der Waals surface area contributed by atoms with E-state index in [-0.39, 0.29) is 5.75 Å². The zero-order valence-corrected chi connectivity index (χ0v) is 8.14. The minimum atomic E-state index is 0.285. The number of nitrogens with one attached hydrogen (secondary N) is 1. The molecule has 0 amide bonds. The Labute approximate surface area is 78.3 Å². The number of hydrogen-bond donors (Lipinski definition) is 2. The van der Waals surface area contributed by atoms with Crippen molar-refractivity contribution in [1.29, 1.82) is 0 Å². The van der Waals surface area contributed by atoms with Gasteiger partial charge in [-0.15, -0.1) is 0 Å². The molecule has 0 radical (unpaired) electrons. The Kier molecular flexibility index (Phi) is 1.61. The molecule has 1 heterocycles. The van der Waals surface area contributed by atoms with E-state index >= 15 is 0 Å². The molecule has 0 aliphatic carbocycles. The van der Waals surface area contributed by atoms with Crippen molar-refractivity contribution in [2.45, 2.75) is 6.92 Å². The molecule has 0 aliphatic heterocycles. The first-order valence-corrected chi connectivity index (χ1v) is 4.44. The van der Waals surface area contributed by atoms with Crippen molar-refractivity contribution < 1.29 is 5.11 Å². The van der Waals surface area contributed by atoms with E-state index in [1.807, 2.05) is 19.2 Å². The Morgan fingerprint density at radius 1 is 1.42 bits per heavy atom. The quantitative estimate of drug-likeness (QED) is 0.711. The summed E-state index contributed by atoms with van der Waals surface area (Å²) in [4.78, 5) is 3.01. The molecule has 0 atom stereocenters. The summed E-state index contributed by atoms with van der Waals surface area (Å²) in [6.07, 6.45) is 1.89. The molecular formula is C9H8BrNO. The first-order valence-electron chi connectivity index (χ1n) is 3.64. The normalized spacial score (nSPS) is 10.8. The number of phenols is 1. The van der Waals surface area contributed by atoms with E-state index in [1.165, 1.54) is 0 Å². The van der Waals surface area contributed by atoms with Crippen LogP contribution in [0.15, 0.2) is 22.8 Å². The van der Waals surface area contributed by atoms with Crippen LogP contribution in [0.5, 0.6) is 5.75 Å². The van der Waals surface area contributed by atoms with Crippen molar-refractivity contribution in [3.8, 4) is 5.75 Å². The van der Waals surface area contributed by atoms with E-state index in [9.17, 15) is 5.11 Å². The van der Waals surface area contributed by atoms with E-state index in [2.05, 4.69) is 20.9 Å². The van der Waals surface area contributed by atoms with Crippen LogP contribution >= 0.6 is 15.9 Å². The molecule has 0 aliphatic rings. The molecule has 2 N–H and O–H groups in total. The van der Waals surface area contributed by atoms with Gasteiger partial charge in [-0.05, 0) is 24.6 Å². The number of halogens is 1. The van der Waals surface area contributed by atoms with Crippen molar-refractivity contribution in [1.82, 2.24) is 4.98 Å². The minimum absolute atomic E-state index is 0.285. The number of rotatable bonds is 0. The lowest BCUT2D eigenvalue weighted by atomic mass is 10.2. The van der Waals surface area contributed by atoms with Gasteiger partial charge < -0.3 is 10.1 Å². The van der Waals surface area contributed by atoms with Crippen LogP contribution < -0.4 is 0 Å².